The largest absolute Gasteiger partial charge is 0.455 e. The summed E-state index contributed by atoms with van der Waals surface area (Å²) in [6, 6.07) is 120. The molecule has 0 aliphatic rings. The van der Waals surface area contributed by atoms with Crippen molar-refractivity contribution in [1.82, 2.24) is 49.8 Å². The first kappa shape index (κ1) is 65.6. The Kier molecular flexibility index (Phi) is 16.3. The molecule has 0 aliphatic heterocycles. The topological polar surface area (TPSA) is 155 Å². The average molecular weight is 1470 g/mol. The van der Waals surface area contributed by atoms with Gasteiger partial charge >= 0.3 is 0 Å². The van der Waals surface area contributed by atoms with Crippen molar-refractivity contribution in [2.24, 2.45) is 0 Å². The van der Waals surface area contributed by atoms with Crippen molar-refractivity contribution in [3.63, 3.8) is 0 Å². The summed E-state index contributed by atoms with van der Waals surface area (Å²) >= 11 is 3.44. The molecular formula is C98H58N10O2S2. The van der Waals surface area contributed by atoms with E-state index in [1.165, 1.54) is 10.3 Å². The summed E-state index contributed by atoms with van der Waals surface area (Å²) in [6.07, 6.45) is 0. The van der Waals surface area contributed by atoms with Crippen molar-refractivity contribution >= 4 is 107 Å². The maximum Gasteiger partial charge on any atom is 0.164 e. The minimum absolute atomic E-state index is 0.576. The van der Waals surface area contributed by atoms with Crippen molar-refractivity contribution in [2.75, 3.05) is 0 Å². The summed E-state index contributed by atoms with van der Waals surface area (Å²) in [6.45, 7) is 0. The molecule has 524 valence electrons. The van der Waals surface area contributed by atoms with Crippen molar-refractivity contribution in [1.29, 1.82) is 0 Å². The fourth-order valence-corrected chi connectivity index (χ4v) is 17.3. The number of aromatic nitrogens is 10. The van der Waals surface area contributed by atoms with Crippen molar-refractivity contribution in [2.45, 2.75) is 0 Å². The van der Waals surface area contributed by atoms with Gasteiger partial charge < -0.3 is 8.83 Å². The smallest absolute Gasteiger partial charge is 0.164 e. The molecule has 8 aromatic heterocycles. The molecule has 0 radical (unpaired) electrons. The molecule has 12 nitrogen and oxygen atoms in total. The molecule has 0 unspecified atom stereocenters. The molecule has 8 heterocycles. The number of rotatable bonds is 12. The molecule has 14 aromatic carbocycles. The van der Waals surface area contributed by atoms with Gasteiger partial charge in [-0.1, -0.05) is 322 Å². The van der Waals surface area contributed by atoms with Crippen LogP contribution in [0.15, 0.2) is 361 Å². The lowest BCUT2D eigenvalue weighted by Gasteiger charge is -2.09. The first-order chi connectivity index (χ1) is 55.5. The Morgan fingerprint density at radius 1 is 0.188 bits per heavy atom. The highest BCUT2D eigenvalue weighted by atomic mass is 32.1. The number of hydrogen-bond acceptors (Lipinski definition) is 14. The Hall–Kier alpha value is -14.7. The molecular weight excluding hydrogens is 1410 g/mol. The Bertz CT molecular complexity index is 7230. The zero-order chi connectivity index (χ0) is 74.0. The Labute approximate surface area is 649 Å². The summed E-state index contributed by atoms with van der Waals surface area (Å²) in [4.78, 5) is 50.9. The molecule has 22 aromatic rings. The van der Waals surface area contributed by atoms with Crippen molar-refractivity contribution in [3.8, 4) is 136 Å². The van der Waals surface area contributed by atoms with E-state index in [-0.39, 0.29) is 0 Å². The van der Waals surface area contributed by atoms with Gasteiger partial charge in [0.15, 0.2) is 46.6 Å². The SMILES string of the molecule is c1ccc(-c2ccc(-c3nc(-c4cccc5c4oc4cccc(-c6nc(-c7ccccc7)nc(-c7ccccc7)n6)c45)c4sc5ccccc5c4n3)cc2)cc1.c1ccc(-c2nc(-c3ccccc3)nc(-c3cccc4oc5c(-c6ccc(-c7nc(-c8ccccc8)nc8c7sc7ccccc78)cc6)cccc5c34)n2)cc1. The van der Waals surface area contributed by atoms with Gasteiger partial charge in [0, 0.05) is 103 Å². The van der Waals surface area contributed by atoms with Crippen LogP contribution in [0.1, 0.15) is 0 Å². The lowest BCUT2D eigenvalue weighted by atomic mass is 9.99. The maximum atomic E-state index is 6.84. The van der Waals surface area contributed by atoms with Gasteiger partial charge in [-0.25, -0.2) is 49.8 Å². The van der Waals surface area contributed by atoms with Crippen LogP contribution >= 0.6 is 22.7 Å². The lowest BCUT2D eigenvalue weighted by Crippen LogP contribution is -2.00. The molecule has 0 saturated carbocycles. The Morgan fingerprint density at radius 2 is 0.482 bits per heavy atom. The second-order valence-corrected chi connectivity index (χ2v) is 29.3. The van der Waals surface area contributed by atoms with Crippen molar-refractivity contribution in [3.05, 3.63) is 352 Å². The van der Waals surface area contributed by atoms with Crippen LogP contribution in [0.3, 0.4) is 0 Å². The van der Waals surface area contributed by atoms with E-state index >= 15 is 0 Å². The quantitative estimate of drug-likeness (QED) is 0.114. The van der Waals surface area contributed by atoms with Gasteiger partial charge in [-0.15, -0.1) is 22.7 Å². The van der Waals surface area contributed by atoms with E-state index in [0.717, 1.165) is 163 Å². The number of furan rings is 2. The van der Waals surface area contributed by atoms with Crippen LogP contribution in [0.5, 0.6) is 0 Å². The molecule has 0 aliphatic carbocycles. The van der Waals surface area contributed by atoms with Crippen LogP contribution < -0.4 is 0 Å². The molecule has 112 heavy (non-hydrogen) atoms. The molecule has 22 rings (SSSR count). The Balaban J connectivity index is 0.000000141. The fourth-order valence-electron chi connectivity index (χ4n) is 15.0. The summed E-state index contributed by atoms with van der Waals surface area (Å²) in [7, 11) is 0. The zero-order valence-electron chi connectivity index (χ0n) is 59.6. The van der Waals surface area contributed by atoms with E-state index in [4.69, 9.17) is 58.7 Å². The van der Waals surface area contributed by atoms with Gasteiger partial charge in [0.2, 0.25) is 0 Å². The second kappa shape index (κ2) is 27.8. The van der Waals surface area contributed by atoms with Gasteiger partial charge in [-0.2, -0.15) is 0 Å². The normalized spacial score (nSPS) is 11.6. The number of hydrogen-bond donors (Lipinski definition) is 0. The van der Waals surface area contributed by atoms with E-state index in [2.05, 4.69) is 182 Å². The van der Waals surface area contributed by atoms with E-state index in [0.29, 0.717) is 46.6 Å². The van der Waals surface area contributed by atoms with E-state index in [1.54, 1.807) is 22.7 Å². The standard InChI is InChI=1S/2C49H29N5OS/c1-4-14-30(15-5-1)31-26-28-34(29-27-31)46-50-42-35-20-10-11-25-40(35)56-45(42)43(51-46)38-23-12-21-36-41-37(22-13-24-39(41)55-44(36)38)49-53-47(32-16-6-2-7-17-32)52-48(54-49)33-18-8-3-9-19-33;1-4-14-32(15-5-1)46-50-42(45-43(51-46)36-20-10-11-25-40(36)56-45)31-28-26-30(27-29-31)35-21-12-22-37-41-38(23-13-24-39(41)55-44(35)37)49-53-47(33-16-6-2-7-17-33)52-48(54-49)34-18-8-3-9-19-34/h2*1-29H. The predicted molar refractivity (Wildman–Crippen MR) is 456 cm³/mol. The molecule has 0 amide bonds. The maximum absolute atomic E-state index is 6.84. The highest BCUT2D eigenvalue weighted by molar-refractivity contribution is 7.26. The monoisotopic (exact) mass is 1470 g/mol. The molecule has 0 spiro atoms. The Morgan fingerprint density at radius 3 is 0.929 bits per heavy atom. The first-order valence-electron chi connectivity index (χ1n) is 36.8. The highest BCUT2D eigenvalue weighted by Gasteiger charge is 2.26. The third-order valence-corrected chi connectivity index (χ3v) is 22.7. The van der Waals surface area contributed by atoms with Crippen LogP contribution in [0, 0.1) is 0 Å². The third-order valence-electron chi connectivity index (χ3n) is 20.4. The van der Waals surface area contributed by atoms with Crippen LogP contribution in [-0.4, -0.2) is 49.8 Å². The van der Waals surface area contributed by atoms with Crippen LogP contribution in [0.25, 0.3) is 220 Å². The van der Waals surface area contributed by atoms with Crippen LogP contribution in [-0.2, 0) is 0 Å². The van der Waals surface area contributed by atoms with E-state index in [9.17, 15) is 0 Å². The van der Waals surface area contributed by atoms with Gasteiger partial charge in [0.25, 0.3) is 0 Å². The molecule has 0 bridgehead atoms. The minimum atomic E-state index is 0.576. The number of thiophene rings is 2. The van der Waals surface area contributed by atoms with Crippen LogP contribution in [0.4, 0.5) is 0 Å². The number of fused-ring (bicyclic) bond motifs is 12. The van der Waals surface area contributed by atoms with Gasteiger partial charge in [0.1, 0.15) is 22.3 Å². The summed E-state index contributed by atoms with van der Waals surface area (Å²) in [5, 5.41) is 6.10. The molecule has 0 saturated heterocycles. The number of para-hydroxylation sites is 2. The van der Waals surface area contributed by atoms with Gasteiger partial charge in [-0.05, 0) is 47.0 Å². The fraction of sp³-hybridized carbons (Fsp3) is 0. The second-order valence-electron chi connectivity index (χ2n) is 27.2. The molecule has 0 atom stereocenters. The van der Waals surface area contributed by atoms with Crippen LogP contribution in [0.2, 0.25) is 0 Å². The minimum Gasteiger partial charge on any atom is -0.455 e. The number of nitrogens with zero attached hydrogens (tertiary/aromatic N) is 10. The number of benzene rings is 14. The molecule has 0 fully saturated rings. The molecule has 14 heteroatoms. The van der Waals surface area contributed by atoms with E-state index < -0.39 is 0 Å². The summed E-state index contributed by atoms with van der Waals surface area (Å²) < 4.78 is 18.0. The molecule has 0 N–H and O–H groups in total. The van der Waals surface area contributed by atoms with Gasteiger partial charge in [0.05, 0.1) is 31.8 Å². The lowest BCUT2D eigenvalue weighted by molar-refractivity contribution is 0.669. The van der Waals surface area contributed by atoms with Crippen molar-refractivity contribution < 1.29 is 8.83 Å². The summed E-state index contributed by atoms with van der Waals surface area (Å²) in [5.41, 5.74) is 20.4. The zero-order valence-corrected chi connectivity index (χ0v) is 61.2. The average Bonchev–Trinajstić information content (AvgIpc) is 1.58. The summed E-state index contributed by atoms with van der Waals surface area (Å²) in [5.74, 6) is 5.00. The van der Waals surface area contributed by atoms with Gasteiger partial charge in [-0.3, -0.25) is 0 Å². The predicted octanol–water partition coefficient (Wildman–Crippen LogP) is 25.9. The van der Waals surface area contributed by atoms with E-state index in [1.807, 2.05) is 170 Å². The highest BCUT2D eigenvalue weighted by Crippen LogP contribution is 2.47. The first-order valence-corrected chi connectivity index (χ1v) is 38.5. The third kappa shape index (κ3) is 11.9.